The molecule has 1 aromatic heterocycles. The molecule has 1 N–H and O–H groups in total. The molecule has 0 saturated carbocycles. The van der Waals surface area contributed by atoms with E-state index in [1.807, 2.05) is 7.05 Å². The van der Waals surface area contributed by atoms with Gasteiger partial charge in [-0.15, -0.1) is 6.42 Å². The van der Waals surface area contributed by atoms with Crippen molar-refractivity contribution in [2.45, 2.75) is 38.6 Å². The summed E-state index contributed by atoms with van der Waals surface area (Å²) in [6.07, 6.45) is 6.15. The third-order valence-corrected chi connectivity index (χ3v) is 5.50. The zero-order chi connectivity index (χ0) is 16.0. The van der Waals surface area contributed by atoms with E-state index >= 15 is 0 Å². The number of rotatable bonds is 8. The summed E-state index contributed by atoms with van der Waals surface area (Å²) in [7, 11) is -1.71. The highest BCUT2D eigenvalue weighted by molar-refractivity contribution is 7.89. The second-order valence-electron chi connectivity index (χ2n) is 4.82. The van der Waals surface area contributed by atoms with Crippen molar-refractivity contribution in [2.24, 2.45) is 0 Å². The molecule has 1 aromatic rings. The lowest BCUT2D eigenvalue weighted by atomic mass is 10.4. The maximum Gasteiger partial charge on any atom is 0.247 e. The predicted molar refractivity (Wildman–Crippen MR) is 83.5 cm³/mol. The number of aryl methyl sites for hydroxylation is 2. The van der Waals surface area contributed by atoms with Crippen molar-refractivity contribution in [3.05, 3.63) is 11.4 Å². The Balaban J connectivity index is 3.16. The van der Waals surface area contributed by atoms with Gasteiger partial charge in [0.1, 0.15) is 4.90 Å². The molecular formula is C14H24N4O2S. The zero-order valence-electron chi connectivity index (χ0n) is 13.2. The van der Waals surface area contributed by atoms with Crippen LogP contribution in [0.25, 0.3) is 0 Å². The number of sulfonamides is 1. The molecular weight excluding hydrogens is 288 g/mol. The lowest BCUT2D eigenvalue weighted by Gasteiger charge is -2.18. The van der Waals surface area contributed by atoms with E-state index in [4.69, 9.17) is 6.42 Å². The van der Waals surface area contributed by atoms with Crippen LogP contribution in [0, 0.1) is 26.2 Å². The Morgan fingerprint density at radius 3 is 2.62 bits per heavy atom. The molecule has 0 radical (unpaired) electrons. The molecule has 21 heavy (non-hydrogen) atoms. The van der Waals surface area contributed by atoms with Crippen molar-refractivity contribution in [2.75, 3.05) is 26.7 Å². The van der Waals surface area contributed by atoms with Crippen LogP contribution in [0.1, 0.15) is 24.7 Å². The van der Waals surface area contributed by atoms with Gasteiger partial charge < -0.3 is 5.32 Å². The summed E-state index contributed by atoms with van der Waals surface area (Å²) in [6.45, 7) is 7.24. The standard InChI is InChI=1S/C14H24N4O2S/c1-6-10-17(7-2)21(19,20)14-12(3)16-18(13(14)4)11-8-9-15-5/h1,15H,7-11H2,2-5H3. The molecule has 7 heteroatoms. The second kappa shape index (κ2) is 7.59. The summed E-state index contributed by atoms with van der Waals surface area (Å²) in [5.41, 5.74) is 1.19. The Morgan fingerprint density at radius 1 is 1.43 bits per heavy atom. The molecule has 6 nitrogen and oxygen atoms in total. The fraction of sp³-hybridized carbons (Fsp3) is 0.643. The van der Waals surface area contributed by atoms with Crippen LogP contribution in [-0.4, -0.2) is 49.2 Å². The van der Waals surface area contributed by atoms with Crippen LogP contribution in [0.3, 0.4) is 0 Å². The lowest BCUT2D eigenvalue weighted by molar-refractivity contribution is 0.462. The van der Waals surface area contributed by atoms with Crippen molar-refractivity contribution in [1.82, 2.24) is 19.4 Å². The molecule has 0 aliphatic heterocycles. The van der Waals surface area contributed by atoms with Crippen LogP contribution >= 0.6 is 0 Å². The third-order valence-electron chi connectivity index (χ3n) is 3.33. The minimum Gasteiger partial charge on any atom is -0.320 e. The molecule has 0 amide bonds. The fourth-order valence-corrected chi connectivity index (χ4v) is 4.01. The van der Waals surface area contributed by atoms with E-state index in [0.717, 1.165) is 13.0 Å². The summed E-state index contributed by atoms with van der Waals surface area (Å²) in [5, 5.41) is 7.42. The monoisotopic (exact) mass is 312 g/mol. The van der Waals surface area contributed by atoms with Crippen LogP contribution in [-0.2, 0) is 16.6 Å². The molecule has 118 valence electrons. The summed E-state index contributed by atoms with van der Waals surface area (Å²) in [6, 6.07) is 0. The third kappa shape index (κ3) is 3.84. The van der Waals surface area contributed by atoms with E-state index in [-0.39, 0.29) is 11.4 Å². The number of hydrogen-bond acceptors (Lipinski definition) is 4. The number of nitrogens with one attached hydrogen (secondary N) is 1. The van der Waals surface area contributed by atoms with Gasteiger partial charge in [0.25, 0.3) is 0 Å². The normalized spacial score (nSPS) is 11.8. The quantitative estimate of drug-likeness (QED) is 0.568. The number of hydrogen-bond donors (Lipinski definition) is 1. The van der Waals surface area contributed by atoms with Gasteiger partial charge in [-0.1, -0.05) is 12.8 Å². The zero-order valence-corrected chi connectivity index (χ0v) is 14.0. The Labute approximate surface area is 127 Å². The number of terminal acetylenes is 1. The van der Waals surface area contributed by atoms with Gasteiger partial charge in [-0.25, -0.2) is 8.42 Å². The van der Waals surface area contributed by atoms with E-state index in [0.29, 0.717) is 24.5 Å². The first-order valence-electron chi connectivity index (χ1n) is 7.02. The molecule has 0 aliphatic rings. The topological polar surface area (TPSA) is 67.2 Å². The number of nitrogens with zero attached hydrogens (tertiary/aromatic N) is 3. The molecule has 1 rings (SSSR count). The highest BCUT2D eigenvalue weighted by Gasteiger charge is 2.29. The maximum atomic E-state index is 12.7. The van der Waals surface area contributed by atoms with Gasteiger partial charge in [0.05, 0.1) is 17.9 Å². The van der Waals surface area contributed by atoms with Crippen molar-refractivity contribution < 1.29 is 8.42 Å². The molecule has 0 saturated heterocycles. The van der Waals surface area contributed by atoms with Crippen LogP contribution in [0.15, 0.2) is 4.90 Å². The molecule has 0 aliphatic carbocycles. The van der Waals surface area contributed by atoms with Gasteiger partial charge in [-0.2, -0.15) is 9.40 Å². The van der Waals surface area contributed by atoms with Crippen molar-refractivity contribution >= 4 is 10.0 Å². The first-order valence-corrected chi connectivity index (χ1v) is 8.46. The maximum absolute atomic E-state index is 12.7. The Hall–Kier alpha value is -1.36. The number of aromatic nitrogens is 2. The SMILES string of the molecule is C#CCN(CC)S(=O)(=O)c1c(C)nn(CCCNC)c1C. The highest BCUT2D eigenvalue weighted by Crippen LogP contribution is 2.23. The Morgan fingerprint density at radius 2 is 2.10 bits per heavy atom. The van der Waals surface area contributed by atoms with Crippen LogP contribution in [0.2, 0.25) is 0 Å². The molecule has 0 fully saturated rings. The van der Waals surface area contributed by atoms with E-state index in [2.05, 4.69) is 16.3 Å². The summed E-state index contributed by atoms with van der Waals surface area (Å²) >= 11 is 0. The Kier molecular flexibility index (Phi) is 6.40. The summed E-state index contributed by atoms with van der Waals surface area (Å²) in [4.78, 5) is 0.282. The first-order chi connectivity index (χ1) is 9.89. The van der Waals surface area contributed by atoms with Crippen molar-refractivity contribution in [3.8, 4) is 12.3 Å². The smallest absolute Gasteiger partial charge is 0.247 e. The average molecular weight is 312 g/mol. The molecule has 0 unspecified atom stereocenters. The fourth-order valence-electron chi connectivity index (χ4n) is 2.27. The molecule has 0 spiro atoms. The van der Waals surface area contributed by atoms with Gasteiger partial charge in [-0.05, 0) is 33.9 Å². The summed E-state index contributed by atoms with van der Waals surface area (Å²) in [5.74, 6) is 2.39. The van der Waals surface area contributed by atoms with Gasteiger partial charge in [-0.3, -0.25) is 4.68 Å². The molecule has 0 atom stereocenters. The van der Waals surface area contributed by atoms with E-state index in [9.17, 15) is 8.42 Å². The van der Waals surface area contributed by atoms with E-state index in [1.54, 1.807) is 25.5 Å². The van der Waals surface area contributed by atoms with Crippen molar-refractivity contribution in [3.63, 3.8) is 0 Å². The Bertz CT molecular complexity index is 614. The van der Waals surface area contributed by atoms with Crippen LogP contribution in [0.5, 0.6) is 0 Å². The second-order valence-corrected chi connectivity index (χ2v) is 6.69. The highest BCUT2D eigenvalue weighted by atomic mass is 32.2. The minimum atomic E-state index is -3.59. The van der Waals surface area contributed by atoms with Gasteiger partial charge in [0.2, 0.25) is 10.0 Å². The average Bonchev–Trinajstić information content (AvgIpc) is 2.71. The molecule has 0 bridgehead atoms. The molecule has 0 aromatic carbocycles. The van der Waals surface area contributed by atoms with Gasteiger partial charge in [0, 0.05) is 13.1 Å². The van der Waals surface area contributed by atoms with Gasteiger partial charge in [0.15, 0.2) is 0 Å². The van der Waals surface area contributed by atoms with Gasteiger partial charge >= 0.3 is 0 Å². The van der Waals surface area contributed by atoms with Crippen LogP contribution < -0.4 is 5.32 Å². The van der Waals surface area contributed by atoms with Crippen LogP contribution in [0.4, 0.5) is 0 Å². The predicted octanol–water partition coefficient (Wildman–Crippen LogP) is 0.753. The minimum absolute atomic E-state index is 0.0721. The lowest BCUT2D eigenvalue weighted by Crippen LogP contribution is -2.32. The van der Waals surface area contributed by atoms with Crippen molar-refractivity contribution in [1.29, 1.82) is 0 Å². The first kappa shape index (κ1) is 17.7. The summed E-state index contributed by atoms with van der Waals surface area (Å²) < 4.78 is 28.5. The molecule has 1 heterocycles. The van der Waals surface area contributed by atoms with E-state index in [1.165, 1.54) is 4.31 Å². The largest absolute Gasteiger partial charge is 0.320 e. The van der Waals surface area contributed by atoms with E-state index < -0.39 is 10.0 Å².